The zero-order valence-corrected chi connectivity index (χ0v) is 11.5. The Labute approximate surface area is 109 Å². The third kappa shape index (κ3) is 4.75. The molecular formula is C14H22N2O2. The minimum atomic E-state index is -0.147. The summed E-state index contributed by atoms with van der Waals surface area (Å²) in [6.45, 7) is 6.55. The number of methoxy groups -OCH3 is 1. The molecule has 0 aliphatic carbocycles. The average molecular weight is 250 g/mol. The van der Waals surface area contributed by atoms with Crippen LogP contribution in [-0.4, -0.2) is 25.7 Å². The van der Waals surface area contributed by atoms with Crippen molar-refractivity contribution in [2.75, 3.05) is 24.4 Å². The van der Waals surface area contributed by atoms with Gasteiger partial charge in [0.25, 0.3) is 0 Å². The van der Waals surface area contributed by atoms with Crippen LogP contribution in [0.4, 0.5) is 11.4 Å². The normalized spacial score (nSPS) is 12.3. The van der Waals surface area contributed by atoms with Crippen LogP contribution < -0.4 is 10.6 Å². The van der Waals surface area contributed by atoms with E-state index in [4.69, 9.17) is 4.74 Å². The molecule has 0 aliphatic heterocycles. The van der Waals surface area contributed by atoms with Gasteiger partial charge in [-0.1, -0.05) is 19.9 Å². The fourth-order valence-corrected chi connectivity index (χ4v) is 1.44. The lowest BCUT2D eigenvalue weighted by Crippen LogP contribution is -2.21. The van der Waals surface area contributed by atoms with E-state index < -0.39 is 0 Å². The zero-order chi connectivity index (χ0) is 13.5. The van der Waals surface area contributed by atoms with Gasteiger partial charge in [-0.25, -0.2) is 0 Å². The minimum Gasteiger partial charge on any atom is -0.382 e. The number of rotatable bonds is 6. The van der Waals surface area contributed by atoms with E-state index in [9.17, 15) is 4.79 Å². The molecule has 0 heterocycles. The summed E-state index contributed by atoms with van der Waals surface area (Å²) in [4.78, 5) is 11.4. The van der Waals surface area contributed by atoms with E-state index in [1.54, 1.807) is 0 Å². The molecule has 0 saturated heterocycles. The van der Waals surface area contributed by atoms with Gasteiger partial charge in [0.05, 0.1) is 0 Å². The predicted octanol–water partition coefficient (Wildman–Crippen LogP) is 2.73. The van der Waals surface area contributed by atoms with Gasteiger partial charge in [0.2, 0.25) is 5.91 Å². The number of benzene rings is 1. The fourth-order valence-electron chi connectivity index (χ4n) is 1.44. The van der Waals surface area contributed by atoms with Crippen LogP contribution in [0.2, 0.25) is 0 Å². The van der Waals surface area contributed by atoms with E-state index in [-0.39, 0.29) is 12.5 Å². The Morgan fingerprint density at radius 1 is 1.28 bits per heavy atom. The molecule has 1 amide bonds. The second-order valence-corrected chi connectivity index (χ2v) is 4.74. The second kappa shape index (κ2) is 7.01. The molecule has 1 unspecified atom stereocenters. The number of anilines is 2. The molecule has 0 saturated carbocycles. The van der Waals surface area contributed by atoms with E-state index in [2.05, 4.69) is 31.4 Å². The molecule has 0 fully saturated rings. The van der Waals surface area contributed by atoms with Crippen molar-refractivity contribution in [2.45, 2.75) is 26.8 Å². The highest BCUT2D eigenvalue weighted by Crippen LogP contribution is 2.17. The van der Waals surface area contributed by atoms with Gasteiger partial charge < -0.3 is 15.4 Å². The molecule has 1 aromatic carbocycles. The summed E-state index contributed by atoms with van der Waals surface area (Å²) in [5, 5.41) is 6.19. The number of amides is 1. The third-order valence-corrected chi connectivity index (χ3v) is 2.82. The van der Waals surface area contributed by atoms with Gasteiger partial charge in [-0.15, -0.1) is 0 Å². The molecule has 0 aliphatic rings. The van der Waals surface area contributed by atoms with Crippen molar-refractivity contribution >= 4 is 17.3 Å². The number of nitrogens with one attached hydrogen (secondary N) is 2. The molecular weight excluding hydrogens is 228 g/mol. The second-order valence-electron chi connectivity index (χ2n) is 4.74. The first-order chi connectivity index (χ1) is 8.52. The number of ether oxygens (including phenoxy) is 1. The van der Waals surface area contributed by atoms with Crippen molar-refractivity contribution in [3.8, 4) is 0 Å². The summed E-state index contributed by atoms with van der Waals surface area (Å²) in [5.41, 5.74) is 1.78. The van der Waals surface area contributed by atoms with Crippen molar-refractivity contribution in [2.24, 2.45) is 5.92 Å². The van der Waals surface area contributed by atoms with Gasteiger partial charge in [0, 0.05) is 24.5 Å². The molecule has 0 bridgehead atoms. The predicted molar refractivity (Wildman–Crippen MR) is 74.9 cm³/mol. The molecule has 4 heteroatoms. The minimum absolute atomic E-state index is 0.0695. The Balaban J connectivity index is 2.64. The van der Waals surface area contributed by atoms with Gasteiger partial charge in [0.1, 0.15) is 6.61 Å². The fraction of sp³-hybridized carbons (Fsp3) is 0.500. The van der Waals surface area contributed by atoms with E-state index in [0.717, 1.165) is 11.4 Å². The van der Waals surface area contributed by atoms with Crippen molar-refractivity contribution in [1.82, 2.24) is 0 Å². The summed E-state index contributed by atoms with van der Waals surface area (Å²) in [6, 6.07) is 8.07. The lowest BCUT2D eigenvalue weighted by molar-refractivity contribution is -0.119. The Morgan fingerprint density at radius 3 is 2.56 bits per heavy atom. The van der Waals surface area contributed by atoms with Crippen LogP contribution in [0.15, 0.2) is 24.3 Å². The van der Waals surface area contributed by atoms with Crippen LogP contribution in [0.5, 0.6) is 0 Å². The number of hydrogen-bond donors (Lipinski definition) is 2. The Bertz CT molecular complexity index is 391. The molecule has 1 aromatic rings. The van der Waals surface area contributed by atoms with E-state index in [0.29, 0.717) is 12.0 Å². The lowest BCUT2D eigenvalue weighted by Gasteiger charge is -2.19. The first-order valence-corrected chi connectivity index (χ1v) is 6.18. The highest BCUT2D eigenvalue weighted by Gasteiger charge is 2.07. The van der Waals surface area contributed by atoms with Crippen molar-refractivity contribution in [1.29, 1.82) is 0 Å². The van der Waals surface area contributed by atoms with E-state index >= 15 is 0 Å². The zero-order valence-electron chi connectivity index (χ0n) is 11.5. The monoisotopic (exact) mass is 250 g/mol. The molecule has 1 rings (SSSR count). The average Bonchev–Trinajstić information content (AvgIpc) is 2.29. The largest absolute Gasteiger partial charge is 0.382 e. The standard InChI is InChI=1S/C14H22N2O2/c1-10(2)11(3)15-12-6-5-7-13(8-12)16-14(17)9-18-4/h5-8,10-11,15H,9H2,1-4H3,(H,16,17). The Hall–Kier alpha value is -1.55. The summed E-state index contributed by atoms with van der Waals surface area (Å²) < 4.78 is 4.77. The van der Waals surface area contributed by atoms with Gasteiger partial charge in [-0.2, -0.15) is 0 Å². The summed E-state index contributed by atoms with van der Waals surface area (Å²) in [7, 11) is 1.50. The third-order valence-electron chi connectivity index (χ3n) is 2.82. The van der Waals surface area contributed by atoms with Crippen LogP contribution in [0.25, 0.3) is 0 Å². The van der Waals surface area contributed by atoms with E-state index in [1.807, 2.05) is 24.3 Å². The topological polar surface area (TPSA) is 50.4 Å². The van der Waals surface area contributed by atoms with Gasteiger partial charge >= 0.3 is 0 Å². The molecule has 0 radical (unpaired) electrons. The maximum atomic E-state index is 11.4. The number of carbonyl (C=O) groups excluding carboxylic acids is 1. The van der Waals surface area contributed by atoms with E-state index in [1.165, 1.54) is 7.11 Å². The maximum absolute atomic E-state index is 11.4. The molecule has 18 heavy (non-hydrogen) atoms. The highest BCUT2D eigenvalue weighted by molar-refractivity contribution is 5.92. The van der Waals surface area contributed by atoms with Crippen molar-refractivity contribution in [3.63, 3.8) is 0 Å². The SMILES string of the molecule is COCC(=O)Nc1cccc(NC(C)C(C)C)c1. The maximum Gasteiger partial charge on any atom is 0.250 e. The van der Waals surface area contributed by atoms with Gasteiger partial charge in [-0.3, -0.25) is 4.79 Å². The smallest absolute Gasteiger partial charge is 0.250 e. The molecule has 2 N–H and O–H groups in total. The summed E-state index contributed by atoms with van der Waals surface area (Å²) in [6.07, 6.45) is 0. The van der Waals surface area contributed by atoms with Crippen LogP contribution in [-0.2, 0) is 9.53 Å². The molecule has 100 valence electrons. The Kier molecular flexibility index (Phi) is 5.65. The van der Waals surface area contributed by atoms with Crippen molar-refractivity contribution < 1.29 is 9.53 Å². The molecule has 0 aromatic heterocycles. The molecule has 0 spiro atoms. The summed E-state index contributed by atoms with van der Waals surface area (Å²) >= 11 is 0. The van der Waals surface area contributed by atoms with Crippen LogP contribution in [0.1, 0.15) is 20.8 Å². The van der Waals surface area contributed by atoms with Gasteiger partial charge in [-0.05, 0) is 31.0 Å². The first-order valence-electron chi connectivity index (χ1n) is 6.18. The first kappa shape index (κ1) is 14.5. The highest BCUT2D eigenvalue weighted by atomic mass is 16.5. The van der Waals surface area contributed by atoms with Crippen LogP contribution >= 0.6 is 0 Å². The summed E-state index contributed by atoms with van der Waals surface area (Å²) in [5.74, 6) is 0.406. The quantitative estimate of drug-likeness (QED) is 0.816. The van der Waals surface area contributed by atoms with Crippen LogP contribution in [0.3, 0.4) is 0 Å². The number of hydrogen-bond acceptors (Lipinski definition) is 3. The van der Waals surface area contributed by atoms with Crippen molar-refractivity contribution in [3.05, 3.63) is 24.3 Å². The number of carbonyl (C=O) groups is 1. The van der Waals surface area contributed by atoms with Crippen LogP contribution in [0, 0.1) is 5.92 Å². The van der Waals surface area contributed by atoms with Gasteiger partial charge in [0.15, 0.2) is 0 Å². The lowest BCUT2D eigenvalue weighted by atomic mass is 10.1. The molecule has 4 nitrogen and oxygen atoms in total. The Morgan fingerprint density at radius 2 is 1.94 bits per heavy atom. The molecule has 1 atom stereocenters.